The number of rotatable bonds is 14. The van der Waals surface area contributed by atoms with Crippen LogP contribution in [-0.4, -0.2) is 67.1 Å². The van der Waals surface area contributed by atoms with E-state index in [4.69, 9.17) is 19.3 Å². The summed E-state index contributed by atoms with van der Waals surface area (Å²) in [7, 11) is 3.23. The lowest BCUT2D eigenvalue weighted by atomic mass is 9.74. The molecule has 1 aliphatic heterocycles. The smallest absolute Gasteiger partial charge is 0.404 e. The molecule has 0 saturated carbocycles. The van der Waals surface area contributed by atoms with Crippen LogP contribution in [0.15, 0.2) is 78.9 Å². The van der Waals surface area contributed by atoms with E-state index in [-0.39, 0.29) is 12.5 Å². The fourth-order valence-electron chi connectivity index (χ4n) is 5.64. The molecule has 0 spiro atoms. The van der Waals surface area contributed by atoms with Crippen molar-refractivity contribution in [3.8, 4) is 11.5 Å². The maximum absolute atomic E-state index is 13.3. The molecular formula is C33H40N2O7. The summed E-state index contributed by atoms with van der Waals surface area (Å²) in [6.45, 7) is 1.17. The Morgan fingerprint density at radius 1 is 0.857 bits per heavy atom. The topological polar surface area (TPSA) is 118 Å². The van der Waals surface area contributed by atoms with E-state index >= 15 is 0 Å². The van der Waals surface area contributed by atoms with E-state index < -0.39 is 23.7 Å². The number of carbonyl (C=O) groups is 2. The number of hydrogen-bond acceptors (Lipinski definition) is 6. The van der Waals surface area contributed by atoms with Crippen molar-refractivity contribution in [3.63, 3.8) is 0 Å². The summed E-state index contributed by atoms with van der Waals surface area (Å²) in [6.07, 6.45) is 0.479. The van der Waals surface area contributed by atoms with Gasteiger partial charge in [-0.1, -0.05) is 61.0 Å². The van der Waals surface area contributed by atoms with Crippen molar-refractivity contribution in [3.05, 3.63) is 95.6 Å². The Hall–Kier alpha value is -4.08. The van der Waals surface area contributed by atoms with Gasteiger partial charge in [-0.15, -0.1) is 0 Å². The Balaban J connectivity index is 1.65. The number of likely N-dealkylation sites (tertiary alicyclic amines) is 1. The number of ether oxygens (including phenoxy) is 3. The lowest BCUT2D eigenvalue weighted by molar-refractivity contribution is -0.131. The van der Waals surface area contributed by atoms with Crippen molar-refractivity contribution in [2.24, 2.45) is 5.92 Å². The number of nitrogens with one attached hydrogen (secondary N) is 1. The number of hydrogen-bond donors (Lipinski definition) is 3. The Labute approximate surface area is 247 Å². The number of carboxylic acid groups (broad SMARTS) is 1. The van der Waals surface area contributed by atoms with Crippen molar-refractivity contribution >= 4 is 12.0 Å². The highest BCUT2D eigenvalue weighted by atomic mass is 16.5. The molecule has 0 bridgehead atoms. The maximum atomic E-state index is 13.3. The number of unbranched alkanes of at least 4 members (excludes halogenated alkanes) is 2. The van der Waals surface area contributed by atoms with Gasteiger partial charge in [0.25, 0.3) is 0 Å². The average Bonchev–Trinajstić information content (AvgIpc) is 3.42. The van der Waals surface area contributed by atoms with Crippen molar-refractivity contribution in [2.75, 3.05) is 33.9 Å². The minimum Gasteiger partial charge on any atom is -0.497 e. The third-order valence-corrected chi connectivity index (χ3v) is 7.85. The average molecular weight is 577 g/mol. The molecule has 0 aromatic heterocycles. The van der Waals surface area contributed by atoms with Gasteiger partial charge >= 0.3 is 6.09 Å². The van der Waals surface area contributed by atoms with E-state index in [1.165, 1.54) is 0 Å². The number of methoxy groups -OCH3 is 2. The van der Waals surface area contributed by atoms with Gasteiger partial charge in [-0.05, 0) is 53.8 Å². The molecule has 0 aliphatic carbocycles. The first-order chi connectivity index (χ1) is 20.4. The number of nitrogens with zero attached hydrogens (tertiary/aromatic N) is 1. The number of carbonyl (C=O) groups excluding carboxylic acids is 1. The van der Waals surface area contributed by atoms with Crippen LogP contribution in [0.1, 0.15) is 42.4 Å². The molecule has 2 unspecified atom stereocenters. The van der Waals surface area contributed by atoms with Gasteiger partial charge in [0.15, 0.2) is 0 Å². The van der Waals surface area contributed by atoms with Crippen molar-refractivity contribution < 1.29 is 34.0 Å². The zero-order valence-electron chi connectivity index (χ0n) is 24.2. The van der Waals surface area contributed by atoms with Crippen LogP contribution in [-0.2, 0) is 21.7 Å². The molecule has 2 amide bonds. The molecule has 1 heterocycles. The predicted molar refractivity (Wildman–Crippen MR) is 159 cm³/mol. The van der Waals surface area contributed by atoms with Crippen molar-refractivity contribution in [1.82, 2.24) is 10.2 Å². The van der Waals surface area contributed by atoms with Crippen LogP contribution in [0, 0.1) is 5.92 Å². The van der Waals surface area contributed by atoms with Gasteiger partial charge in [0.2, 0.25) is 5.91 Å². The number of aliphatic hydroxyl groups is 1. The highest BCUT2D eigenvalue weighted by Gasteiger charge is 2.51. The molecule has 1 aliphatic rings. The standard InChI is InChI=1S/C33H40N2O7/c1-40-27-16-12-25(13-17-27)33(26-14-18-28(41-2)19-15-26,42-23-24-9-5-3-6-10-24)29-21-35(22-30(29)36)31(37)11-7-4-8-20-34-32(38)39/h3,5-6,9-10,12-19,29-30,34,36H,4,7-8,11,20-23H2,1-2H3,(H,38,39). The van der Waals surface area contributed by atoms with Crippen molar-refractivity contribution in [1.29, 1.82) is 0 Å². The third kappa shape index (κ3) is 7.40. The molecule has 1 saturated heterocycles. The van der Waals surface area contributed by atoms with Gasteiger partial charge in [0.1, 0.15) is 17.1 Å². The fourth-order valence-corrected chi connectivity index (χ4v) is 5.64. The maximum Gasteiger partial charge on any atom is 0.404 e. The number of benzene rings is 3. The first-order valence-corrected chi connectivity index (χ1v) is 14.3. The molecule has 3 aromatic rings. The molecule has 0 radical (unpaired) electrons. The third-order valence-electron chi connectivity index (χ3n) is 7.85. The van der Waals surface area contributed by atoms with Crippen LogP contribution in [0.4, 0.5) is 4.79 Å². The molecule has 2 atom stereocenters. The number of aliphatic hydroxyl groups excluding tert-OH is 1. The van der Waals surface area contributed by atoms with E-state index in [1.807, 2.05) is 78.9 Å². The Kier molecular flexibility index (Phi) is 10.8. The van der Waals surface area contributed by atoms with E-state index in [2.05, 4.69) is 5.32 Å². The fraction of sp³-hybridized carbons (Fsp3) is 0.394. The summed E-state index contributed by atoms with van der Waals surface area (Å²) < 4.78 is 17.8. The second-order valence-corrected chi connectivity index (χ2v) is 10.5. The molecule has 3 N–H and O–H groups in total. The molecule has 9 nitrogen and oxygen atoms in total. The molecule has 9 heteroatoms. The van der Waals surface area contributed by atoms with E-state index in [0.717, 1.165) is 23.1 Å². The first kappa shape index (κ1) is 30.9. The Morgan fingerprint density at radius 2 is 1.45 bits per heavy atom. The molecule has 224 valence electrons. The van der Waals surface area contributed by atoms with Crippen LogP contribution in [0.5, 0.6) is 11.5 Å². The number of amides is 2. The summed E-state index contributed by atoms with van der Waals surface area (Å²) in [6, 6.07) is 25.2. The summed E-state index contributed by atoms with van der Waals surface area (Å²) >= 11 is 0. The van der Waals surface area contributed by atoms with Crippen LogP contribution >= 0.6 is 0 Å². The van der Waals surface area contributed by atoms with Gasteiger partial charge in [-0.2, -0.15) is 0 Å². The lowest BCUT2D eigenvalue weighted by Crippen LogP contribution is -2.45. The second-order valence-electron chi connectivity index (χ2n) is 10.5. The highest BCUT2D eigenvalue weighted by molar-refractivity contribution is 5.76. The first-order valence-electron chi connectivity index (χ1n) is 14.3. The summed E-state index contributed by atoms with van der Waals surface area (Å²) in [5.41, 5.74) is 1.58. The van der Waals surface area contributed by atoms with Crippen LogP contribution in [0.3, 0.4) is 0 Å². The zero-order valence-corrected chi connectivity index (χ0v) is 24.2. The lowest BCUT2D eigenvalue weighted by Gasteiger charge is -2.41. The molecule has 4 rings (SSSR count). The normalized spacial score (nSPS) is 16.7. The van der Waals surface area contributed by atoms with Gasteiger partial charge < -0.3 is 34.6 Å². The van der Waals surface area contributed by atoms with Crippen LogP contribution in [0.25, 0.3) is 0 Å². The van der Waals surface area contributed by atoms with E-state index in [1.54, 1.807) is 19.1 Å². The van der Waals surface area contributed by atoms with E-state index in [9.17, 15) is 14.7 Å². The molecule has 1 fully saturated rings. The summed E-state index contributed by atoms with van der Waals surface area (Å²) in [4.78, 5) is 25.6. The van der Waals surface area contributed by atoms with Crippen molar-refractivity contribution in [2.45, 2.75) is 44.0 Å². The van der Waals surface area contributed by atoms with Gasteiger partial charge in [0, 0.05) is 32.0 Å². The minimum atomic E-state index is -1.09. The van der Waals surface area contributed by atoms with Gasteiger partial charge in [-0.25, -0.2) is 4.79 Å². The largest absolute Gasteiger partial charge is 0.497 e. The minimum absolute atomic E-state index is 0.0378. The van der Waals surface area contributed by atoms with Crippen LogP contribution < -0.4 is 14.8 Å². The summed E-state index contributed by atoms with van der Waals surface area (Å²) in [5.74, 6) is 0.899. The SMILES string of the molecule is COc1ccc(C(OCc2ccccc2)(c2ccc(OC)cc2)C2CN(C(=O)CCCCCNC(=O)O)CC2O)cc1. The van der Waals surface area contributed by atoms with Crippen LogP contribution in [0.2, 0.25) is 0 Å². The summed E-state index contributed by atoms with van der Waals surface area (Å²) in [5, 5.41) is 22.6. The van der Waals surface area contributed by atoms with Gasteiger partial charge in [0.05, 0.1) is 26.9 Å². The Morgan fingerprint density at radius 3 is 2.00 bits per heavy atom. The van der Waals surface area contributed by atoms with E-state index in [0.29, 0.717) is 50.5 Å². The van der Waals surface area contributed by atoms with Gasteiger partial charge in [-0.3, -0.25) is 4.79 Å². The zero-order chi connectivity index (χ0) is 30.0. The second kappa shape index (κ2) is 14.7. The predicted octanol–water partition coefficient (Wildman–Crippen LogP) is 4.81. The Bertz CT molecular complexity index is 1230. The number of β-amino-alcohol motifs (C(OH)–C–C–N with tert-alkyl or cyclic N) is 1. The quantitative estimate of drug-likeness (QED) is 0.236. The molecular weight excluding hydrogens is 536 g/mol. The highest BCUT2D eigenvalue weighted by Crippen LogP contribution is 2.46. The molecule has 3 aromatic carbocycles. The molecule has 42 heavy (non-hydrogen) atoms. The monoisotopic (exact) mass is 576 g/mol.